The summed E-state index contributed by atoms with van der Waals surface area (Å²) in [7, 11) is -4.98. The van der Waals surface area contributed by atoms with Crippen LogP contribution in [0.1, 0.15) is 0 Å². The summed E-state index contributed by atoms with van der Waals surface area (Å²) in [6.45, 7) is 0. The molecule has 1 aliphatic rings. The van der Waals surface area contributed by atoms with Gasteiger partial charge in [0.1, 0.15) is 36.6 Å². The maximum atomic E-state index is 10.4. The van der Waals surface area contributed by atoms with Crippen molar-refractivity contribution in [2.24, 2.45) is 0 Å². The second-order valence-corrected chi connectivity index (χ2v) is 4.49. The van der Waals surface area contributed by atoms with Gasteiger partial charge in [0, 0.05) is 0 Å². The monoisotopic (exact) mass is 260 g/mol. The van der Waals surface area contributed by atoms with Crippen LogP contribution >= 0.6 is 0 Å². The van der Waals surface area contributed by atoms with Crippen molar-refractivity contribution in [1.29, 1.82) is 0 Å². The average Bonchev–Trinajstić information content (AvgIpc) is 2.17. The zero-order valence-electron chi connectivity index (χ0n) is 7.78. The van der Waals surface area contributed by atoms with Crippen LogP contribution in [0.5, 0.6) is 0 Å². The molecule has 10 heteroatoms. The van der Waals surface area contributed by atoms with Gasteiger partial charge in [-0.05, 0) is 0 Å². The van der Waals surface area contributed by atoms with E-state index in [-0.39, 0.29) is 0 Å². The van der Waals surface area contributed by atoms with E-state index in [9.17, 15) is 28.8 Å². The SMILES string of the molecule is O=S(=O)(O)O[C@@H]1[C@H](O)[C@H](O)[C@H](O)[C@H](O)[C@@H]1O. The fourth-order valence-corrected chi connectivity index (χ4v) is 1.96. The summed E-state index contributed by atoms with van der Waals surface area (Å²) in [6.07, 6.45) is -11.6. The highest BCUT2D eigenvalue weighted by Gasteiger charge is 2.50. The predicted molar refractivity (Wildman–Crippen MR) is 46.5 cm³/mol. The van der Waals surface area contributed by atoms with E-state index in [4.69, 9.17) is 9.66 Å². The van der Waals surface area contributed by atoms with E-state index in [1.54, 1.807) is 0 Å². The smallest absolute Gasteiger partial charge is 0.387 e. The van der Waals surface area contributed by atoms with E-state index >= 15 is 0 Å². The summed E-state index contributed by atoms with van der Waals surface area (Å²) >= 11 is 0. The normalized spacial score (nSPS) is 45.6. The van der Waals surface area contributed by atoms with Crippen molar-refractivity contribution in [2.45, 2.75) is 36.6 Å². The van der Waals surface area contributed by atoms with Gasteiger partial charge in [-0.1, -0.05) is 0 Å². The topological polar surface area (TPSA) is 165 Å². The Morgan fingerprint density at radius 2 is 1.06 bits per heavy atom. The molecule has 0 saturated heterocycles. The highest BCUT2D eigenvalue weighted by molar-refractivity contribution is 7.80. The van der Waals surface area contributed by atoms with Crippen LogP contribution in [0, 0.1) is 0 Å². The van der Waals surface area contributed by atoms with E-state index in [2.05, 4.69) is 4.18 Å². The van der Waals surface area contributed by atoms with Gasteiger partial charge in [-0.3, -0.25) is 4.55 Å². The van der Waals surface area contributed by atoms with Crippen molar-refractivity contribution in [2.75, 3.05) is 0 Å². The van der Waals surface area contributed by atoms with Crippen molar-refractivity contribution in [3.8, 4) is 0 Å². The molecule has 1 fully saturated rings. The van der Waals surface area contributed by atoms with Crippen molar-refractivity contribution >= 4 is 10.4 Å². The Kier molecular flexibility index (Phi) is 3.87. The molecule has 0 aliphatic heterocycles. The average molecular weight is 260 g/mol. The zero-order valence-corrected chi connectivity index (χ0v) is 8.60. The third kappa shape index (κ3) is 2.67. The van der Waals surface area contributed by atoms with Crippen molar-refractivity contribution < 1.29 is 42.7 Å². The first kappa shape index (κ1) is 13.7. The first-order chi connectivity index (χ1) is 7.15. The van der Waals surface area contributed by atoms with E-state index < -0.39 is 47.0 Å². The first-order valence-electron chi connectivity index (χ1n) is 4.21. The van der Waals surface area contributed by atoms with Crippen LogP contribution < -0.4 is 0 Å². The minimum absolute atomic E-state index is 1.86. The summed E-state index contributed by atoms with van der Waals surface area (Å²) in [6, 6.07) is 0. The van der Waals surface area contributed by atoms with E-state index in [0.29, 0.717) is 0 Å². The van der Waals surface area contributed by atoms with E-state index in [1.165, 1.54) is 0 Å². The lowest BCUT2D eigenvalue weighted by Crippen LogP contribution is -2.64. The molecule has 1 saturated carbocycles. The van der Waals surface area contributed by atoms with Crippen LogP contribution in [0.2, 0.25) is 0 Å². The fourth-order valence-electron chi connectivity index (χ4n) is 1.45. The summed E-state index contributed by atoms with van der Waals surface area (Å²) in [5.41, 5.74) is 0. The van der Waals surface area contributed by atoms with Gasteiger partial charge in [0.15, 0.2) is 0 Å². The minimum Gasteiger partial charge on any atom is -0.387 e. The second kappa shape index (κ2) is 4.50. The minimum atomic E-state index is -4.98. The number of aliphatic hydroxyl groups excluding tert-OH is 5. The number of hydrogen-bond donors (Lipinski definition) is 6. The lowest BCUT2D eigenvalue weighted by molar-refractivity contribution is -0.217. The molecule has 0 amide bonds. The van der Waals surface area contributed by atoms with Crippen LogP contribution in [-0.2, 0) is 14.6 Å². The Hall–Kier alpha value is -0.330. The van der Waals surface area contributed by atoms with Gasteiger partial charge < -0.3 is 25.5 Å². The third-order valence-corrected chi connectivity index (χ3v) is 2.77. The molecule has 0 aromatic rings. The predicted octanol–water partition coefficient (Wildman–Crippen LogP) is -4.01. The molecule has 6 atom stereocenters. The molecule has 0 aromatic heterocycles. The van der Waals surface area contributed by atoms with Crippen LogP contribution in [-0.4, -0.2) is 75.1 Å². The van der Waals surface area contributed by atoms with E-state index in [1.807, 2.05) is 0 Å². The Balaban J connectivity index is 2.91. The van der Waals surface area contributed by atoms with Gasteiger partial charge in [0.05, 0.1) is 0 Å². The Labute approximate surface area is 90.5 Å². The number of rotatable bonds is 2. The summed E-state index contributed by atoms with van der Waals surface area (Å²) in [5.74, 6) is 0. The molecule has 0 spiro atoms. The van der Waals surface area contributed by atoms with Gasteiger partial charge in [-0.2, -0.15) is 8.42 Å². The second-order valence-electron chi connectivity index (χ2n) is 3.44. The lowest BCUT2D eigenvalue weighted by Gasteiger charge is -2.40. The highest BCUT2D eigenvalue weighted by Crippen LogP contribution is 2.24. The van der Waals surface area contributed by atoms with Crippen LogP contribution in [0.15, 0.2) is 0 Å². The Morgan fingerprint density at radius 1 is 0.750 bits per heavy atom. The lowest BCUT2D eigenvalue weighted by atomic mass is 9.85. The molecule has 96 valence electrons. The Morgan fingerprint density at radius 3 is 1.38 bits per heavy atom. The summed E-state index contributed by atoms with van der Waals surface area (Å²) in [4.78, 5) is 0. The maximum absolute atomic E-state index is 10.4. The van der Waals surface area contributed by atoms with Crippen LogP contribution in [0.25, 0.3) is 0 Å². The van der Waals surface area contributed by atoms with Crippen LogP contribution in [0.4, 0.5) is 0 Å². The summed E-state index contributed by atoms with van der Waals surface area (Å²) < 4.78 is 33.0. The molecule has 0 bridgehead atoms. The molecule has 1 rings (SSSR count). The Bertz CT molecular complexity index is 324. The molecule has 0 radical (unpaired) electrons. The highest BCUT2D eigenvalue weighted by atomic mass is 32.3. The third-order valence-electron chi connectivity index (χ3n) is 2.31. The first-order valence-corrected chi connectivity index (χ1v) is 5.57. The van der Waals surface area contributed by atoms with Crippen molar-refractivity contribution in [3.63, 3.8) is 0 Å². The van der Waals surface area contributed by atoms with Crippen LogP contribution in [0.3, 0.4) is 0 Å². The molecule has 16 heavy (non-hydrogen) atoms. The maximum Gasteiger partial charge on any atom is 0.397 e. The van der Waals surface area contributed by atoms with Gasteiger partial charge in [-0.15, -0.1) is 0 Å². The van der Waals surface area contributed by atoms with Gasteiger partial charge in [0.2, 0.25) is 0 Å². The largest absolute Gasteiger partial charge is 0.397 e. The molecule has 1 aliphatic carbocycles. The van der Waals surface area contributed by atoms with Crippen molar-refractivity contribution in [1.82, 2.24) is 0 Å². The molecule has 0 unspecified atom stereocenters. The molecular formula is C6H12O9S. The molecular weight excluding hydrogens is 248 g/mol. The van der Waals surface area contributed by atoms with Gasteiger partial charge in [0.25, 0.3) is 0 Å². The van der Waals surface area contributed by atoms with E-state index in [0.717, 1.165) is 0 Å². The quantitative estimate of drug-likeness (QED) is 0.271. The van der Waals surface area contributed by atoms with Crippen molar-refractivity contribution in [3.05, 3.63) is 0 Å². The summed E-state index contributed by atoms with van der Waals surface area (Å²) in [5, 5.41) is 46.0. The molecule has 0 aromatic carbocycles. The molecule has 6 N–H and O–H groups in total. The standard InChI is InChI=1S/C6H12O9S/c7-1-2(8)4(10)6(5(11)3(1)9)15-16(12,13)14/h1-11H,(H,12,13,14)/t1-,2+,3-,4+,5-,6+. The number of aliphatic hydroxyl groups is 5. The zero-order chi connectivity index (χ0) is 12.7. The van der Waals surface area contributed by atoms with Gasteiger partial charge >= 0.3 is 10.4 Å². The fraction of sp³-hybridized carbons (Fsp3) is 1.00. The molecule has 0 heterocycles. The number of hydrogen-bond acceptors (Lipinski definition) is 8. The van der Waals surface area contributed by atoms with Gasteiger partial charge in [-0.25, -0.2) is 4.18 Å². The molecule has 9 nitrogen and oxygen atoms in total.